The van der Waals surface area contributed by atoms with Gasteiger partial charge in [-0.2, -0.15) is 5.10 Å². The van der Waals surface area contributed by atoms with E-state index in [1.807, 2.05) is 44.2 Å². The molecule has 0 spiro atoms. The van der Waals surface area contributed by atoms with Crippen molar-refractivity contribution in [2.45, 2.75) is 19.8 Å². The number of aromatic nitrogens is 3. The first-order chi connectivity index (χ1) is 10.1. The summed E-state index contributed by atoms with van der Waals surface area (Å²) in [6.07, 6.45) is 3.15. The molecular formula is C16H15N3O2. The zero-order valence-corrected chi connectivity index (χ0v) is 11.8. The maximum Gasteiger partial charge on any atom is 0.339 e. The normalized spacial score (nSPS) is 11.2. The van der Waals surface area contributed by atoms with Gasteiger partial charge in [0.25, 0.3) is 0 Å². The highest BCUT2D eigenvalue weighted by Gasteiger charge is 2.21. The number of pyridine rings is 1. The quantitative estimate of drug-likeness (QED) is 0.800. The second-order valence-electron chi connectivity index (χ2n) is 5.16. The fourth-order valence-corrected chi connectivity index (χ4v) is 2.54. The van der Waals surface area contributed by atoms with Crippen LogP contribution in [-0.2, 0) is 0 Å². The standard InChI is InChI=1S/C16H15N3O2/c1-10(2)15-12(16(20)21)9-18-19(15)14-7-3-6-13-11(14)5-4-8-17-13/h3-10H,1-2H3,(H,20,21). The van der Waals surface area contributed by atoms with Crippen molar-refractivity contribution in [3.8, 4) is 5.69 Å². The van der Waals surface area contributed by atoms with Crippen molar-refractivity contribution in [1.82, 2.24) is 14.8 Å². The van der Waals surface area contributed by atoms with E-state index in [4.69, 9.17) is 0 Å². The number of carboxylic acids is 1. The number of nitrogens with zero attached hydrogens (tertiary/aromatic N) is 3. The zero-order chi connectivity index (χ0) is 15.0. The van der Waals surface area contributed by atoms with Crippen LogP contribution in [-0.4, -0.2) is 25.8 Å². The molecule has 2 heterocycles. The summed E-state index contributed by atoms with van der Waals surface area (Å²) >= 11 is 0. The Morgan fingerprint density at radius 2 is 2.05 bits per heavy atom. The Labute approximate surface area is 121 Å². The maximum absolute atomic E-state index is 11.4. The molecule has 2 aromatic heterocycles. The third kappa shape index (κ3) is 2.16. The van der Waals surface area contributed by atoms with Crippen LogP contribution in [0.15, 0.2) is 42.7 Å². The highest BCUT2D eigenvalue weighted by molar-refractivity contribution is 5.90. The molecule has 0 aliphatic carbocycles. The van der Waals surface area contributed by atoms with Crippen molar-refractivity contribution in [3.05, 3.63) is 54.0 Å². The number of benzene rings is 1. The monoisotopic (exact) mass is 281 g/mol. The summed E-state index contributed by atoms with van der Waals surface area (Å²) in [7, 11) is 0. The average Bonchev–Trinajstić information content (AvgIpc) is 2.91. The lowest BCUT2D eigenvalue weighted by Gasteiger charge is -2.13. The van der Waals surface area contributed by atoms with Crippen LogP contribution in [0.1, 0.15) is 35.8 Å². The van der Waals surface area contributed by atoms with E-state index in [-0.39, 0.29) is 11.5 Å². The molecule has 0 unspecified atom stereocenters. The highest BCUT2D eigenvalue weighted by Crippen LogP contribution is 2.27. The molecule has 0 aliphatic rings. The molecule has 0 radical (unpaired) electrons. The van der Waals surface area contributed by atoms with Crippen molar-refractivity contribution in [1.29, 1.82) is 0 Å². The van der Waals surface area contributed by atoms with E-state index >= 15 is 0 Å². The number of carbonyl (C=O) groups is 1. The van der Waals surface area contributed by atoms with E-state index < -0.39 is 5.97 Å². The van der Waals surface area contributed by atoms with Crippen molar-refractivity contribution in [2.75, 3.05) is 0 Å². The molecule has 3 aromatic rings. The molecule has 0 saturated carbocycles. The van der Waals surface area contributed by atoms with Gasteiger partial charge in [0.1, 0.15) is 5.56 Å². The molecule has 0 atom stereocenters. The lowest BCUT2D eigenvalue weighted by molar-refractivity contribution is 0.0695. The molecular weight excluding hydrogens is 266 g/mol. The highest BCUT2D eigenvalue weighted by atomic mass is 16.4. The third-order valence-electron chi connectivity index (χ3n) is 3.43. The molecule has 0 fully saturated rings. The molecule has 21 heavy (non-hydrogen) atoms. The summed E-state index contributed by atoms with van der Waals surface area (Å²) in [5.74, 6) is -0.908. The molecule has 1 aromatic carbocycles. The lowest BCUT2D eigenvalue weighted by atomic mass is 10.1. The molecule has 5 heteroatoms. The van der Waals surface area contributed by atoms with E-state index in [1.165, 1.54) is 6.20 Å². The van der Waals surface area contributed by atoms with Crippen molar-refractivity contribution < 1.29 is 9.90 Å². The van der Waals surface area contributed by atoms with Gasteiger partial charge in [-0.25, -0.2) is 9.48 Å². The summed E-state index contributed by atoms with van der Waals surface area (Å²) in [6, 6.07) is 9.58. The predicted octanol–water partition coefficient (Wildman–Crippen LogP) is 3.24. The first-order valence-electron chi connectivity index (χ1n) is 6.75. The van der Waals surface area contributed by atoms with Gasteiger partial charge in [0.2, 0.25) is 0 Å². The smallest absolute Gasteiger partial charge is 0.339 e. The Morgan fingerprint density at radius 1 is 1.24 bits per heavy atom. The zero-order valence-electron chi connectivity index (χ0n) is 11.8. The number of rotatable bonds is 3. The number of aromatic carboxylic acids is 1. The van der Waals surface area contributed by atoms with Crippen LogP contribution in [0.2, 0.25) is 0 Å². The second-order valence-corrected chi connectivity index (χ2v) is 5.16. The fraction of sp³-hybridized carbons (Fsp3) is 0.188. The number of hydrogen-bond acceptors (Lipinski definition) is 3. The van der Waals surface area contributed by atoms with E-state index in [9.17, 15) is 9.90 Å². The molecule has 0 amide bonds. The summed E-state index contributed by atoms with van der Waals surface area (Å²) in [4.78, 5) is 15.7. The second kappa shape index (κ2) is 5.01. The molecule has 0 saturated heterocycles. The van der Waals surface area contributed by atoms with Crippen LogP contribution >= 0.6 is 0 Å². The van der Waals surface area contributed by atoms with Crippen LogP contribution < -0.4 is 0 Å². The Bertz CT molecular complexity index is 816. The summed E-state index contributed by atoms with van der Waals surface area (Å²) < 4.78 is 1.71. The largest absolute Gasteiger partial charge is 0.478 e. The number of hydrogen-bond donors (Lipinski definition) is 1. The topological polar surface area (TPSA) is 68.0 Å². The minimum absolute atomic E-state index is 0.0468. The molecule has 3 rings (SSSR count). The van der Waals surface area contributed by atoms with Gasteiger partial charge in [0.15, 0.2) is 0 Å². The third-order valence-corrected chi connectivity index (χ3v) is 3.43. The molecule has 1 N–H and O–H groups in total. The summed E-state index contributed by atoms with van der Waals surface area (Å²) in [5, 5.41) is 14.6. The Hall–Kier alpha value is -2.69. The van der Waals surface area contributed by atoms with Crippen LogP contribution in [0.4, 0.5) is 0 Å². The van der Waals surface area contributed by atoms with Gasteiger partial charge in [-0.05, 0) is 30.2 Å². The Balaban J connectivity index is 2.31. The summed E-state index contributed by atoms with van der Waals surface area (Å²) in [5.41, 5.74) is 2.64. The van der Waals surface area contributed by atoms with Crippen LogP contribution in [0.5, 0.6) is 0 Å². The van der Waals surface area contributed by atoms with E-state index in [2.05, 4.69) is 10.1 Å². The SMILES string of the molecule is CC(C)c1c(C(=O)O)cnn1-c1cccc2ncccc12. The van der Waals surface area contributed by atoms with Crippen LogP contribution in [0.25, 0.3) is 16.6 Å². The number of fused-ring (bicyclic) bond motifs is 1. The van der Waals surface area contributed by atoms with Crippen molar-refractivity contribution in [2.24, 2.45) is 0 Å². The predicted molar refractivity (Wildman–Crippen MR) is 79.9 cm³/mol. The molecule has 106 valence electrons. The molecule has 0 bridgehead atoms. The minimum Gasteiger partial charge on any atom is -0.478 e. The summed E-state index contributed by atoms with van der Waals surface area (Å²) in [6.45, 7) is 3.92. The van der Waals surface area contributed by atoms with Gasteiger partial charge in [-0.3, -0.25) is 4.98 Å². The van der Waals surface area contributed by atoms with Crippen molar-refractivity contribution >= 4 is 16.9 Å². The van der Waals surface area contributed by atoms with Crippen molar-refractivity contribution in [3.63, 3.8) is 0 Å². The average molecular weight is 281 g/mol. The van der Waals surface area contributed by atoms with Gasteiger partial charge in [0.05, 0.1) is 23.1 Å². The van der Waals surface area contributed by atoms with E-state index in [1.54, 1.807) is 10.9 Å². The van der Waals surface area contributed by atoms with E-state index in [0.29, 0.717) is 5.69 Å². The van der Waals surface area contributed by atoms with Gasteiger partial charge < -0.3 is 5.11 Å². The lowest BCUT2D eigenvalue weighted by Crippen LogP contribution is -2.08. The van der Waals surface area contributed by atoms with Gasteiger partial charge in [0, 0.05) is 11.6 Å². The van der Waals surface area contributed by atoms with Gasteiger partial charge >= 0.3 is 5.97 Å². The Kier molecular flexibility index (Phi) is 3.17. The van der Waals surface area contributed by atoms with Crippen LogP contribution in [0.3, 0.4) is 0 Å². The van der Waals surface area contributed by atoms with Gasteiger partial charge in [-0.15, -0.1) is 0 Å². The minimum atomic E-state index is -0.955. The molecule has 0 aliphatic heterocycles. The number of carboxylic acid groups (broad SMARTS) is 1. The van der Waals surface area contributed by atoms with Gasteiger partial charge in [-0.1, -0.05) is 19.9 Å². The Morgan fingerprint density at radius 3 is 2.76 bits per heavy atom. The fourth-order valence-electron chi connectivity index (χ4n) is 2.54. The van der Waals surface area contributed by atoms with Crippen LogP contribution in [0, 0.1) is 0 Å². The first kappa shape index (κ1) is 13.3. The molecule has 5 nitrogen and oxygen atoms in total. The maximum atomic E-state index is 11.4. The van der Waals surface area contributed by atoms with E-state index in [0.717, 1.165) is 16.6 Å². The first-order valence-corrected chi connectivity index (χ1v) is 6.75.